The fourth-order valence-electron chi connectivity index (χ4n) is 5.15. The zero-order valence-corrected chi connectivity index (χ0v) is 28.9. The Morgan fingerprint density at radius 1 is 1.10 bits per heavy atom. The van der Waals surface area contributed by atoms with Crippen LogP contribution >= 0.6 is 35.1 Å². The smallest absolute Gasteiger partial charge is 0.356 e. The van der Waals surface area contributed by atoms with Gasteiger partial charge in [0.1, 0.15) is 23.7 Å². The summed E-state index contributed by atoms with van der Waals surface area (Å²) in [5.41, 5.74) is 8.75. The number of nitrogens with two attached hydrogens (primary N) is 1. The van der Waals surface area contributed by atoms with E-state index in [0.29, 0.717) is 11.5 Å². The van der Waals surface area contributed by atoms with E-state index in [9.17, 15) is 14.4 Å². The number of nitrogen functional groups attached to an aromatic ring is 1. The van der Waals surface area contributed by atoms with Crippen LogP contribution in [0.15, 0.2) is 120 Å². The number of pyridine rings is 1. The highest BCUT2D eigenvalue weighted by Crippen LogP contribution is 2.42. The highest BCUT2D eigenvalue weighted by Gasteiger charge is 2.55. The van der Waals surface area contributed by atoms with E-state index in [4.69, 9.17) is 15.3 Å². The predicted octanol–water partition coefficient (Wildman–Crippen LogP) is 4.81. The number of carbonyl (C=O) groups is 3. The minimum Gasteiger partial charge on any atom is -0.448 e. The van der Waals surface area contributed by atoms with Crippen molar-refractivity contribution in [3.05, 3.63) is 137 Å². The van der Waals surface area contributed by atoms with Crippen LogP contribution in [0.3, 0.4) is 0 Å². The number of hydrogen-bond donors (Lipinski definition) is 2. The van der Waals surface area contributed by atoms with Crippen molar-refractivity contribution in [3.63, 3.8) is 0 Å². The summed E-state index contributed by atoms with van der Waals surface area (Å²) in [6, 6.07) is 23.5. The number of ether oxygens (including phenoxy) is 1. The molecular weight excluding hydrogens is 695 g/mol. The molecule has 0 bridgehead atoms. The predicted molar refractivity (Wildman–Crippen MR) is 196 cm³/mol. The van der Waals surface area contributed by atoms with Gasteiger partial charge in [-0.15, -0.1) is 23.5 Å². The number of nitrogens with zero attached hydrogens (tertiary/aromatic N) is 5. The van der Waals surface area contributed by atoms with E-state index in [1.807, 2.05) is 90.3 Å². The Labute approximate surface area is 300 Å². The molecule has 2 aromatic carbocycles. The second-order valence-corrected chi connectivity index (χ2v) is 13.6. The number of oxime groups is 1. The quantitative estimate of drug-likeness (QED) is 0.0458. The molecule has 1 fully saturated rings. The van der Waals surface area contributed by atoms with Crippen molar-refractivity contribution in [3.8, 4) is 0 Å². The monoisotopic (exact) mass is 725 g/mol. The van der Waals surface area contributed by atoms with Gasteiger partial charge in [0.05, 0.1) is 5.69 Å². The van der Waals surface area contributed by atoms with E-state index < -0.39 is 35.3 Å². The van der Waals surface area contributed by atoms with Crippen LogP contribution in [0.2, 0.25) is 0 Å². The minimum atomic E-state index is -0.965. The lowest BCUT2D eigenvalue weighted by Gasteiger charge is -2.49. The van der Waals surface area contributed by atoms with Crippen molar-refractivity contribution >= 4 is 69.8 Å². The third kappa shape index (κ3) is 7.96. The van der Waals surface area contributed by atoms with Crippen LogP contribution in [-0.4, -0.2) is 72.3 Å². The molecule has 3 N–H and O–H groups in total. The van der Waals surface area contributed by atoms with Crippen LogP contribution in [-0.2, 0) is 24.0 Å². The van der Waals surface area contributed by atoms with Gasteiger partial charge >= 0.3 is 5.97 Å². The Morgan fingerprint density at radius 2 is 1.82 bits per heavy atom. The van der Waals surface area contributed by atoms with Gasteiger partial charge in [0.25, 0.3) is 11.8 Å². The Kier molecular flexibility index (Phi) is 11.4. The van der Waals surface area contributed by atoms with E-state index in [1.54, 1.807) is 6.20 Å². The maximum atomic E-state index is 14.2. The highest BCUT2D eigenvalue weighted by atomic mass is 32.2. The number of β-lactam (4-membered cyclic amide) rings is 1. The van der Waals surface area contributed by atoms with Gasteiger partial charge in [-0.1, -0.05) is 84.5 Å². The molecule has 6 rings (SSSR count). The summed E-state index contributed by atoms with van der Waals surface area (Å²) in [6.07, 6.45) is 4.34. The zero-order chi connectivity index (χ0) is 34.9. The number of esters is 1. The normalized spacial score (nSPS) is 17.3. The van der Waals surface area contributed by atoms with Gasteiger partial charge in [-0.2, -0.15) is 9.36 Å². The van der Waals surface area contributed by atoms with Crippen LogP contribution in [0.1, 0.15) is 28.7 Å². The average Bonchev–Trinajstić information content (AvgIpc) is 3.59. The molecule has 2 aliphatic rings. The average molecular weight is 726 g/mol. The molecule has 2 aromatic heterocycles. The van der Waals surface area contributed by atoms with Crippen LogP contribution in [0, 0.1) is 0 Å². The summed E-state index contributed by atoms with van der Waals surface area (Å²) in [6.45, 7) is 3.61. The lowest BCUT2D eigenvalue weighted by molar-refractivity contribution is -0.154. The molecule has 1 saturated heterocycles. The summed E-state index contributed by atoms with van der Waals surface area (Å²) in [4.78, 5) is 56.5. The maximum absolute atomic E-state index is 14.2. The second-order valence-electron chi connectivity index (χ2n) is 10.8. The first-order valence-electron chi connectivity index (χ1n) is 15.3. The summed E-state index contributed by atoms with van der Waals surface area (Å²) in [7, 11) is 0. The summed E-state index contributed by atoms with van der Waals surface area (Å²) >= 11 is 3.80. The molecule has 0 spiro atoms. The SMILES string of the molecule is C=CCON=C(C(=O)NC1C(=O)N2C(C(=O)OC(c3ccccc3)c3ccccc3)=C(CS/C=C/c3ccccn3)CS[C@@H]12)c1nsc(N)n1. The topological polar surface area (TPSA) is 162 Å². The van der Waals surface area contributed by atoms with E-state index in [-0.39, 0.29) is 29.0 Å². The third-order valence-corrected chi connectivity index (χ3v) is 10.2. The number of amides is 2. The number of rotatable bonds is 14. The Hall–Kier alpha value is -5.25. The number of anilines is 1. The number of thioether (sulfide) groups is 2. The number of nitrogens with one attached hydrogen (secondary N) is 1. The van der Waals surface area contributed by atoms with Crippen LogP contribution < -0.4 is 11.1 Å². The Bertz CT molecular complexity index is 1900. The molecule has 0 aliphatic carbocycles. The molecule has 12 nitrogen and oxygen atoms in total. The fourth-order valence-corrected chi connectivity index (χ4v) is 7.83. The van der Waals surface area contributed by atoms with E-state index in [2.05, 4.69) is 31.4 Å². The van der Waals surface area contributed by atoms with Crippen molar-refractivity contribution in [2.75, 3.05) is 23.8 Å². The van der Waals surface area contributed by atoms with Gasteiger partial charge in [-0.3, -0.25) is 19.5 Å². The molecule has 4 heterocycles. The maximum Gasteiger partial charge on any atom is 0.356 e. The molecular formula is C35H31N7O5S3. The molecule has 2 amide bonds. The van der Waals surface area contributed by atoms with E-state index >= 15 is 0 Å². The first-order chi connectivity index (χ1) is 24.4. The number of carbonyl (C=O) groups excluding carboxylic acids is 3. The molecule has 15 heteroatoms. The summed E-state index contributed by atoms with van der Waals surface area (Å²) < 4.78 is 10.3. The van der Waals surface area contributed by atoms with E-state index in [0.717, 1.165) is 33.9 Å². The van der Waals surface area contributed by atoms with Crippen molar-refractivity contribution < 1.29 is 24.0 Å². The number of benzene rings is 2. The zero-order valence-electron chi connectivity index (χ0n) is 26.5. The van der Waals surface area contributed by atoms with Gasteiger partial charge in [0, 0.05) is 29.2 Å². The Morgan fingerprint density at radius 3 is 2.46 bits per heavy atom. The summed E-state index contributed by atoms with van der Waals surface area (Å²) in [5.74, 6) is -1.04. The minimum absolute atomic E-state index is 0.0338. The standard InChI is InChI=1S/C35H31N7O5S3/c1-2-18-46-40-26(30-39-35(36)50-41-30)31(43)38-27-32(44)42-28(24(21-49-33(27)42)20-48-19-16-25-15-9-10-17-37-25)34(45)47-29(22-11-5-3-6-12-22)23-13-7-4-8-14-23/h2-17,19,27,29,33H,1,18,20-21H2,(H,38,43)(H2,36,39,41)/b19-16+,40-26?/t27?,33-/m0/s1. The third-order valence-electron chi connectivity index (χ3n) is 7.45. The molecule has 2 aliphatic heterocycles. The molecule has 0 radical (unpaired) electrons. The lowest BCUT2D eigenvalue weighted by Crippen LogP contribution is -2.71. The van der Waals surface area contributed by atoms with Crippen LogP contribution in [0.5, 0.6) is 0 Å². The fraction of sp³-hybridized carbons (Fsp3) is 0.171. The number of fused-ring (bicyclic) bond motifs is 1. The van der Waals surface area contributed by atoms with Crippen LogP contribution in [0.25, 0.3) is 6.08 Å². The summed E-state index contributed by atoms with van der Waals surface area (Å²) in [5, 5.41) is 8.07. The van der Waals surface area contributed by atoms with Gasteiger partial charge in [0.15, 0.2) is 11.2 Å². The van der Waals surface area contributed by atoms with Crippen molar-refractivity contribution in [2.45, 2.75) is 17.5 Å². The first kappa shape index (κ1) is 34.6. The van der Waals surface area contributed by atoms with Crippen molar-refractivity contribution in [2.24, 2.45) is 5.16 Å². The second kappa shape index (κ2) is 16.4. The highest BCUT2D eigenvalue weighted by molar-refractivity contribution is 8.02. The van der Waals surface area contributed by atoms with Gasteiger partial charge < -0.3 is 20.6 Å². The Balaban J connectivity index is 1.26. The first-order valence-corrected chi connectivity index (χ1v) is 18.2. The van der Waals surface area contributed by atoms with Crippen molar-refractivity contribution in [1.82, 2.24) is 24.6 Å². The molecule has 254 valence electrons. The van der Waals surface area contributed by atoms with Gasteiger partial charge in [-0.25, -0.2) is 4.79 Å². The number of hydrogen-bond acceptors (Lipinski definition) is 13. The van der Waals surface area contributed by atoms with Gasteiger partial charge in [0.2, 0.25) is 11.5 Å². The molecule has 4 aromatic rings. The molecule has 2 atom stereocenters. The molecule has 1 unspecified atom stereocenters. The van der Waals surface area contributed by atoms with E-state index in [1.165, 1.54) is 34.5 Å². The van der Waals surface area contributed by atoms with Crippen LogP contribution in [0.4, 0.5) is 5.13 Å². The molecule has 50 heavy (non-hydrogen) atoms. The number of aromatic nitrogens is 3. The van der Waals surface area contributed by atoms with Crippen molar-refractivity contribution in [1.29, 1.82) is 0 Å². The largest absolute Gasteiger partial charge is 0.448 e. The molecule has 0 saturated carbocycles. The lowest BCUT2D eigenvalue weighted by atomic mass is 10.0. The van der Waals surface area contributed by atoms with Gasteiger partial charge in [-0.05, 0) is 40.3 Å².